The Morgan fingerprint density at radius 1 is 1.50 bits per heavy atom. The van der Waals surface area contributed by atoms with Crippen molar-refractivity contribution in [3.05, 3.63) is 36.5 Å². The molecule has 0 spiro atoms. The van der Waals surface area contributed by atoms with Gasteiger partial charge >= 0.3 is 5.97 Å². The lowest BCUT2D eigenvalue weighted by Crippen LogP contribution is -2.10. The van der Waals surface area contributed by atoms with Crippen molar-refractivity contribution in [2.45, 2.75) is 6.92 Å². The molecule has 0 heterocycles. The molecule has 1 rings (SSSR count). The molecule has 64 valence electrons. The number of rotatable bonds is 3. The van der Waals surface area contributed by atoms with Gasteiger partial charge in [-0.25, -0.2) is 4.79 Å². The van der Waals surface area contributed by atoms with E-state index in [-0.39, 0.29) is 11.9 Å². The topological polar surface area (TPSA) is 26.3 Å². The van der Waals surface area contributed by atoms with E-state index in [0.717, 1.165) is 0 Å². The van der Waals surface area contributed by atoms with Crippen molar-refractivity contribution in [3.8, 4) is 0 Å². The zero-order chi connectivity index (χ0) is 8.97. The van der Waals surface area contributed by atoms with Gasteiger partial charge in [0.2, 0.25) is 0 Å². The third-order valence-electron chi connectivity index (χ3n) is 1.58. The second kappa shape index (κ2) is 3.90. The van der Waals surface area contributed by atoms with Gasteiger partial charge in [-0.1, -0.05) is 30.9 Å². The van der Waals surface area contributed by atoms with E-state index in [4.69, 9.17) is 4.74 Å². The van der Waals surface area contributed by atoms with Crippen LogP contribution in [0.25, 0.3) is 0 Å². The number of hydrogen-bond donors (Lipinski definition) is 0. The molecule has 0 aromatic carbocycles. The van der Waals surface area contributed by atoms with Gasteiger partial charge in [-0.2, -0.15) is 0 Å². The van der Waals surface area contributed by atoms with Crippen LogP contribution in [0.1, 0.15) is 6.92 Å². The van der Waals surface area contributed by atoms with Crippen LogP contribution in [-0.4, -0.2) is 12.6 Å². The maximum absolute atomic E-state index is 10.9. The summed E-state index contributed by atoms with van der Waals surface area (Å²) in [5, 5.41) is 0. The fourth-order valence-electron chi connectivity index (χ4n) is 0.884. The van der Waals surface area contributed by atoms with E-state index in [2.05, 4.69) is 6.58 Å². The van der Waals surface area contributed by atoms with Crippen molar-refractivity contribution in [3.63, 3.8) is 0 Å². The van der Waals surface area contributed by atoms with E-state index >= 15 is 0 Å². The maximum atomic E-state index is 10.9. The molecule has 0 bridgehead atoms. The lowest BCUT2D eigenvalue weighted by atomic mass is 10.2. The van der Waals surface area contributed by atoms with Crippen LogP contribution in [0.3, 0.4) is 0 Å². The minimum absolute atomic E-state index is 0.244. The molecule has 0 atom stereocenters. The van der Waals surface area contributed by atoms with Crippen LogP contribution in [-0.2, 0) is 9.53 Å². The van der Waals surface area contributed by atoms with Crippen molar-refractivity contribution in [1.29, 1.82) is 0 Å². The molecule has 0 radical (unpaired) electrons. The van der Waals surface area contributed by atoms with Crippen LogP contribution in [0.15, 0.2) is 36.5 Å². The summed E-state index contributed by atoms with van der Waals surface area (Å²) in [7, 11) is 0. The van der Waals surface area contributed by atoms with Gasteiger partial charge in [-0.05, 0) is 6.92 Å². The molecule has 1 aliphatic rings. The predicted octanol–water partition coefficient (Wildman–Crippen LogP) is 1.85. The van der Waals surface area contributed by atoms with Gasteiger partial charge in [0.25, 0.3) is 0 Å². The van der Waals surface area contributed by atoms with Crippen LogP contribution in [0.5, 0.6) is 0 Å². The molecule has 0 aromatic rings. The van der Waals surface area contributed by atoms with Gasteiger partial charge in [0.05, 0.1) is 0 Å². The summed E-state index contributed by atoms with van der Waals surface area (Å²) < 4.78 is 4.95. The summed E-state index contributed by atoms with van der Waals surface area (Å²) in [6, 6.07) is 0. The summed E-state index contributed by atoms with van der Waals surface area (Å²) in [5.74, 6) is -0.0722. The number of carbonyl (C=O) groups excluding carboxylic acids is 1. The lowest BCUT2D eigenvalue weighted by molar-refractivity contribution is -0.139. The van der Waals surface area contributed by atoms with E-state index in [1.807, 2.05) is 24.3 Å². The first kappa shape index (κ1) is 8.78. The normalized spacial score (nSPS) is 15.1. The Morgan fingerprint density at radius 3 is 2.58 bits per heavy atom. The molecular formula is C10H12O2. The Kier molecular flexibility index (Phi) is 2.86. The molecule has 0 fully saturated rings. The van der Waals surface area contributed by atoms with Gasteiger partial charge in [0.15, 0.2) is 0 Å². The quantitative estimate of drug-likeness (QED) is 0.470. The third kappa shape index (κ3) is 2.38. The highest BCUT2D eigenvalue weighted by Crippen LogP contribution is 2.09. The summed E-state index contributed by atoms with van der Waals surface area (Å²) >= 11 is 0. The fourth-order valence-corrected chi connectivity index (χ4v) is 0.884. The fraction of sp³-hybridized carbons (Fsp3) is 0.300. The molecule has 1 aliphatic carbocycles. The van der Waals surface area contributed by atoms with Crippen molar-refractivity contribution in [2.24, 2.45) is 5.92 Å². The van der Waals surface area contributed by atoms with Gasteiger partial charge in [0.1, 0.15) is 6.61 Å². The zero-order valence-corrected chi connectivity index (χ0v) is 7.12. The average Bonchev–Trinajstić information content (AvgIpc) is 2.51. The number of esters is 1. The zero-order valence-electron chi connectivity index (χ0n) is 7.12. The first-order chi connectivity index (χ1) is 5.70. The Labute approximate surface area is 72.2 Å². The van der Waals surface area contributed by atoms with Crippen molar-refractivity contribution < 1.29 is 9.53 Å². The van der Waals surface area contributed by atoms with E-state index in [0.29, 0.717) is 12.2 Å². The van der Waals surface area contributed by atoms with E-state index in [1.54, 1.807) is 6.92 Å². The number of ether oxygens (including phenoxy) is 1. The standard InChI is InChI=1S/C10H12O2/c1-8(2)10(11)12-7-9-5-3-4-6-9/h3-6,9H,1,7H2,2H3. The Balaban J connectivity index is 2.26. The summed E-state index contributed by atoms with van der Waals surface area (Å²) in [6.07, 6.45) is 7.87. The maximum Gasteiger partial charge on any atom is 0.333 e. The Hall–Kier alpha value is -1.31. The molecular weight excluding hydrogens is 152 g/mol. The van der Waals surface area contributed by atoms with Crippen LogP contribution >= 0.6 is 0 Å². The van der Waals surface area contributed by atoms with Gasteiger partial charge in [-0.3, -0.25) is 0 Å². The third-order valence-corrected chi connectivity index (χ3v) is 1.58. The molecule has 0 saturated carbocycles. The second-order valence-corrected chi connectivity index (χ2v) is 2.81. The molecule has 2 heteroatoms. The van der Waals surface area contributed by atoms with Gasteiger partial charge in [-0.15, -0.1) is 0 Å². The highest BCUT2D eigenvalue weighted by Gasteiger charge is 2.08. The summed E-state index contributed by atoms with van der Waals surface area (Å²) in [6.45, 7) is 5.55. The monoisotopic (exact) mass is 164 g/mol. The minimum atomic E-state index is -0.316. The largest absolute Gasteiger partial charge is 0.461 e. The second-order valence-electron chi connectivity index (χ2n) is 2.81. The van der Waals surface area contributed by atoms with Crippen LogP contribution in [0.2, 0.25) is 0 Å². The minimum Gasteiger partial charge on any atom is -0.461 e. The number of hydrogen-bond acceptors (Lipinski definition) is 2. The lowest BCUT2D eigenvalue weighted by Gasteiger charge is -2.06. The molecule has 0 amide bonds. The molecule has 12 heavy (non-hydrogen) atoms. The van der Waals surface area contributed by atoms with Crippen LogP contribution in [0, 0.1) is 5.92 Å². The first-order valence-corrected chi connectivity index (χ1v) is 3.88. The van der Waals surface area contributed by atoms with Crippen LogP contribution in [0.4, 0.5) is 0 Å². The molecule has 0 aliphatic heterocycles. The van der Waals surface area contributed by atoms with Crippen molar-refractivity contribution >= 4 is 5.97 Å². The summed E-state index contributed by atoms with van der Waals surface area (Å²) in [4.78, 5) is 10.9. The van der Waals surface area contributed by atoms with Crippen molar-refractivity contribution in [2.75, 3.05) is 6.61 Å². The predicted molar refractivity (Wildman–Crippen MR) is 47.5 cm³/mol. The van der Waals surface area contributed by atoms with Gasteiger partial charge < -0.3 is 4.74 Å². The molecule has 0 aromatic heterocycles. The number of carbonyl (C=O) groups is 1. The SMILES string of the molecule is C=C(C)C(=O)OCC1C=CC=C1. The Bertz CT molecular complexity index is 237. The smallest absolute Gasteiger partial charge is 0.333 e. The highest BCUT2D eigenvalue weighted by atomic mass is 16.5. The highest BCUT2D eigenvalue weighted by molar-refractivity contribution is 5.86. The van der Waals surface area contributed by atoms with E-state index < -0.39 is 0 Å². The average molecular weight is 164 g/mol. The number of allylic oxidation sites excluding steroid dienone is 2. The first-order valence-electron chi connectivity index (χ1n) is 3.88. The van der Waals surface area contributed by atoms with E-state index in [1.165, 1.54) is 0 Å². The molecule has 0 saturated heterocycles. The van der Waals surface area contributed by atoms with Crippen LogP contribution < -0.4 is 0 Å². The molecule has 0 unspecified atom stereocenters. The summed E-state index contributed by atoms with van der Waals surface area (Å²) in [5.41, 5.74) is 0.445. The molecule has 2 nitrogen and oxygen atoms in total. The van der Waals surface area contributed by atoms with Gasteiger partial charge in [0, 0.05) is 11.5 Å². The van der Waals surface area contributed by atoms with Crippen molar-refractivity contribution in [1.82, 2.24) is 0 Å². The molecule has 0 N–H and O–H groups in total. The van der Waals surface area contributed by atoms with E-state index in [9.17, 15) is 4.79 Å². The Morgan fingerprint density at radius 2 is 2.08 bits per heavy atom.